The first kappa shape index (κ1) is 27.4. The molecular formula is C28H43NO3S. The van der Waals surface area contributed by atoms with Crippen LogP contribution in [-0.4, -0.2) is 25.8 Å². The van der Waals surface area contributed by atoms with Crippen LogP contribution in [0.15, 0.2) is 59.5 Å². The van der Waals surface area contributed by atoms with Gasteiger partial charge in [-0.1, -0.05) is 96.3 Å². The van der Waals surface area contributed by atoms with Crippen molar-refractivity contribution in [1.82, 2.24) is 4.31 Å². The zero-order chi connectivity index (χ0) is 23.8. The summed E-state index contributed by atoms with van der Waals surface area (Å²) in [7, 11) is -3.51. The minimum Gasteiger partial charge on any atom is -0.457 e. The van der Waals surface area contributed by atoms with Crippen LogP contribution in [0.25, 0.3) is 0 Å². The number of ether oxygens (including phenoxy) is 1. The Bertz CT molecular complexity index is 834. The van der Waals surface area contributed by atoms with Gasteiger partial charge >= 0.3 is 0 Å². The molecule has 2 aromatic carbocycles. The van der Waals surface area contributed by atoms with Gasteiger partial charge in [-0.3, -0.25) is 0 Å². The second-order valence-electron chi connectivity index (χ2n) is 8.83. The van der Waals surface area contributed by atoms with Gasteiger partial charge < -0.3 is 4.74 Å². The number of rotatable bonds is 18. The topological polar surface area (TPSA) is 46.6 Å². The number of sulfonamides is 1. The zero-order valence-corrected chi connectivity index (χ0v) is 21.5. The molecule has 0 atom stereocenters. The van der Waals surface area contributed by atoms with Gasteiger partial charge in [-0.15, -0.1) is 0 Å². The minimum atomic E-state index is -3.51. The van der Waals surface area contributed by atoms with E-state index in [-0.39, 0.29) is 0 Å². The lowest BCUT2D eigenvalue weighted by atomic mass is 10.1. The molecule has 33 heavy (non-hydrogen) atoms. The van der Waals surface area contributed by atoms with Crippen LogP contribution >= 0.6 is 0 Å². The van der Waals surface area contributed by atoms with Crippen LogP contribution in [0.5, 0.6) is 11.5 Å². The number of unbranched alkanes of at least 4 members (excludes halogenated alkanes) is 10. The first-order valence-electron chi connectivity index (χ1n) is 12.9. The van der Waals surface area contributed by atoms with E-state index in [2.05, 4.69) is 13.8 Å². The molecule has 0 heterocycles. The molecule has 2 aromatic rings. The molecule has 0 aromatic heterocycles. The van der Waals surface area contributed by atoms with Gasteiger partial charge in [0, 0.05) is 13.1 Å². The maximum Gasteiger partial charge on any atom is 0.243 e. The summed E-state index contributed by atoms with van der Waals surface area (Å²) in [6, 6.07) is 16.4. The van der Waals surface area contributed by atoms with Crippen molar-refractivity contribution in [2.75, 3.05) is 13.1 Å². The van der Waals surface area contributed by atoms with E-state index in [1.54, 1.807) is 28.6 Å². The molecule has 5 heteroatoms. The highest BCUT2D eigenvalue weighted by molar-refractivity contribution is 7.89. The first-order chi connectivity index (χ1) is 16.1. The second-order valence-corrected chi connectivity index (χ2v) is 10.8. The van der Waals surface area contributed by atoms with Crippen LogP contribution in [0.2, 0.25) is 0 Å². The number of nitrogens with zero attached hydrogens (tertiary/aromatic N) is 1. The molecule has 0 radical (unpaired) electrons. The molecule has 2 rings (SSSR count). The summed E-state index contributed by atoms with van der Waals surface area (Å²) in [5.74, 6) is 1.37. The van der Waals surface area contributed by atoms with E-state index in [0.717, 1.165) is 31.4 Å². The fourth-order valence-corrected chi connectivity index (χ4v) is 5.46. The molecule has 0 unspecified atom stereocenters. The van der Waals surface area contributed by atoms with Crippen molar-refractivity contribution in [1.29, 1.82) is 0 Å². The lowest BCUT2D eigenvalue weighted by molar-refractivity contribution is 0.383. The smallest absolute Gasteiger partial charge is 0.243 e. The zero-order valence-electron chi connectivity index (χ0n) is 20.7. The van der Waals surface area contributed by atoms with Crippen LogP contribution in [0, 0.1) is 0 Å². The summed E-state index contributed by atoms with van der Waals surface area (Å²) < 4.78 is 34.4. The Hall–Kier alpha value is -1.85. The molecule has 0 fully saturated rings. The van der Waals surface area contributed by atoms with Crippen molar-refractivity contribution in [2.24, 2.45) is 0 Å². The van der Waals surface area contributed by atoms with E-state index in [4.69, 9.17) is 4.74 Å². The van der Waals surface area contributed by atoms with Crippen LogP contribution < -0.4 is 4.74 Å². The molecule has 0 aliphatic carbocycles. The van der Waals surface area contributed by atoms with Crippen molar-refractivity contribution in [3.05, 3.63) is 54.6 Å². The van der Waals surface area contributed by atoms with Crippen LogP contribution in [-0.2, 0) is 10.0 Å². The summed E-state index contributed by atoms with van der Waals surface area (Å²) in [6.45, 7) is 5.63. The Morgan fingerprint density at radius 1 is 0.606 bits per heavy atom. The molecule has 0 saturated heterocycles. The largest absolute Gasteiger partial charge is 0.457 e. The molecule has 0 saturated carbocycles. The van der Waals surface area contributed by atoms with Crippen molar-refractivity contribution in [3.63, 3.8) is 0 Å². The summed E-state index contributed by atoms with van der Waals surface area (Å²) in [6.07, 6.45) is 13.8. The van der Waals surface area contributed by atoms with Crippen molar-refractivity contribution < 1.29 is 13.2 Å². The molecular weight excluding hydrogens is 430 g/mol. The summed E-state index contributed by atoms with van der Waals surface area (Å²) in [5.41, 5.74) is 0. The average Bonchev–Trinajstić information content (AvgIpc) is 2.83. The Kier molecular flexibility index (Phi) is 13.2. The predicted molar refractivity (Wildman–Crippen MR) is 138 cm³/mol. The molecule has 0 bridgehead atoms. The number of hydrogen-bond acceptors (Lipinski definition) is 3. The van der Waals surface area contributed by atoms with E-state index in [0.29, 0.717) is 23.7 Å². The second kappa shape index (κ2) is 15.9. The van der Waals surface area contributed by atoms with E-state index in [1.807, 2.05) is 30.3 Å². The number of para-hydroxylation sites is 1. The minimum absolute atomic E-state index is 0.347. The molecule has 0 N–H and O–H groups in total. The molecule has 4 nitrogen and oxygen atoms in total. The highest BCUT2D eigenvalue weighted by Crippen LogP contribution is 2.25. The lowest BCUT2D eigenvalue weighted by Gasteiger charge is -2.22. The molecule has 0 aliphatic heterocycles. The number of hydrogen-bond donors (Lipinski definition) is 0. The maximum absolute atomic E-state index is 13.4. The summed E-state index contributed by atoms with van der Waals surface area (Å²) in [4.78, 5) is 0.347. The molecule has 184 valence electrons. The van der Waals surface area contributed by atoms with Gasteiger partial charge in [0.25, 0.3) is 0 Å². The average molecular weight is 474 g/mol. The Morgan fingerprint density at radius 3 is 1.58 bits per heavy atom. The molecule has 0 spiro atoms. The first-order valence-corrected chi connectivity index (χ1v) is 14.3. The van der Waals surface area contributed by atoms with Crippen LogP contribution in [0.4, 0.5) is 0 Å². The van der Waals surface area contributed by atoms with Gasteiger partial charge in [-0.2, -0.15) is 4.31 Å². The standard InChI is InChI=1S/C28H43NO3S/c1-3-5-7-9-11-16-24-29(25-17-12-10-8-6-4-2)33(30,31)28-22-20-27(21-23-28)32-26-18-14-13-15-19-26/h13-15,18-23H,3-12,16-17,24-25H2,1-2H3. The predicted octanol–water partition coefficient (Wildman–Crippen LogP) is 8.19. The highest BCUT2D eigenvalue weighted by atomic mass is 32.2. The van der Waals surface area contributed by atoms with Crippen molar-refractivity contribution in [3.8, 4) is 11.5 Å². The summed E-state index contributed by atoms with van der Waals surface area (Å²) in [5, 5.41) is 0. The normalized spacial score (nSPS) is 11.7. The van der Waals surface area contributed by atoms with Crippen molar-refractivity contribution >= 4 is 10.0 Å². The molecule has 0 amide bonds. The van der Waals surface area contributed by atoms with E-state index in [9.17, 15) is 8.42 Å². The van der Waals surface area contributed by atoms with Gasteiger partial charge in [-0.25, -0.2) is 8.42 Å². The van der Waals surface area contributed by atoms with E-state index >= 15 is 0 Å². The van der Waals surface area contributed by atoms with Crippen LogP contribution in [0.3, 0.4) is 0 Å². The fraction of sp³-hybridized carbons (Fsp3) is 0.571. The summed E-state index contributed by atoms with van der Waals surface area (Å²) >= 11 is 0. The Balaban J connectivity index is 1.98. The van der Waals surface area contributed by atoms with Crippen molar-refractivity contribution in [2.45, 2.75) is 95.8 Å². The third-order valence-corrected chi connectivity index (χ3v) is 7.88. The van der Waals surface area contributed by atoms with Gasteiger partial charge in [0.05, 0.1) is 4.90 Å². The molecule has 0 aliphatic rings. The third-order valence-electron chi connectivity index (χ3n) is 5.96. The SMILES string of the molecule is CCCCCCCCN(CCCCCCCC)S(=O)(=O)c1ccc(Oc2ccccc2)cc1. The van der Waals surface area contributed by atoms with Gasteiger partial charge in [0.15, 0.2) is 0 Å². The highest BCUT2D eigenvalue weighted by Gasteiger charge is 2.23. The Morgan fingerprint density at radius 2 is 1.06 bits per heavy atom. The lowest BCUT2D eigenvalue weighted by Crippen LogP contribution is -2.33. The van der Waals surface area contributed by atoms with Gasteiger partial charge in [-0.05, 0) is 49.2 Å². The van der Waals surface area contributed by atoms with Gasteiger partial charge in [0.1, 0.15) is 11.5 Å². The Labute approximate surface area is 202 Å². The van der Waals surface area contributed by atoms with Gasteiger partial charge in [0.2, 0.25) is 10.0 Å². The van der Waals surface area contributed by atoms with E-state index < -0.39 is 10.0 Å². The quantitative estimate of drug-likeness (QED) is 0.205. The van der Waals surface area contributed by atoms with E-state index in [1.165, 1.54) is 51.4 Å². The number of benzene rings is 2. The monoisotopic (exact) mass is 473 g/mol. The third kappa shape index (κ3) is 10.3. The fourth-order valence-electron chi connectivity index (χ4n) is 3.94. The maximum atomic E-state index is 13.4. The van der Waals surface area contributed by atoms with Crippen LogP contribution in [0.1, 0.15) is 90.9 Å².